The van der Waals surface area contributed by atoms with Crippen molar-refractivity contribution in [2.75, 3.05) is 28.6 Å². The molecule has 310 valence electrons. The van der Waals surface area contributed by atoms with Gasteiger partial charge in [0.25, 0.3) is 11.8 Å². The lowest BCUT2D eigenvalue weighted by molar-refractivity contribution is -0.150. The van der Waals surface area contributed by atoms with Crippen LogP contribution in [0.5, 0.6) is 0 Å². The summed E-state index contributed by atoms with van der Waals surface area (Å²) in [5.41, 5.74) is 4.61. The van der Waals surface area contributed by atoms with Gasteiger partial charge < -0.3 is 25.2 Å². The Morgan fingerprint density at radius 2 is 1.31 bits per heavy atom. The van der Waals surface area contributed by atoms with E-state index in [1.165, 1.54) is 12.1 Å². The molecule has 1 heterocycles. The van der Waals surface area contributed by atoms with Crippen molar-refractivity contribution in [3.8, 4) is 0 Å². The Morgan fingerprint density at radius 1 is 0.678 bits per heavy atom. The average Bonchev–Trinajstić information content (AvgIpc) is 4.11. The van der Waals surface area contributed by atoms with Crippen molar-refractivity contribution in [3.63, 3.8) is 0 Å². The fourth-order valence-electron chi connectivity index (χ4n) is 8.09. The van der Waals surface area contributed by atoms with E-state index in [2.05, 4.69) is 25.2 Å². The highest BCUT2D eigenvalue weighted by atomic mass is 32.2. The highest BCUT2D eigenvalue weighted by molar-refractivity contribution is 7.89. The maximum absolute atomic E-state index is 14.2. The predicted octanol–water partition coefficient (Wildman–Crippen LogP) is 6.13. The summed E-state index contributed by atoms with van der Waals surface area (Å²) in [6.45, 7) is 1.72. The van der Waals surface area contributed by atoms with Gasteiger partial charge >= 0.3 is 11.9 Å². The average molecular weight is 823 g/mol. The number of hydrogen-bond donors (Lipinski definition) is 4. The highest BCUT2D eigenvalue weighted by Gasteiger charge is 2.44. The molecule has 1 aliphatic heterocycles. The number of piperidine rings is 1. The van der Waals surface area contributed by atoms with Gasteiger partial charge in [0.1, 0.15) is 0 Å². The minimum atomic E-state index is -3.99. The van der Waals surface area contributed by atoms with E-state index < -0.39 is 33.8 Å². The van der Waals surface area contributed by atoms with E-state index in [0.29, 0.717) is 36.9 Å². The first-order chi connectivity index (χ1) is 28.5. The molecule has 1 saturated heterocycles. The summed E-state index contributed by atoms with van der Waals surface area (Å²) in [6.07, 6.45) is 8.17. The smallest absolute Gasteiger partial charge is 0.356 e. The molecule has 6 N–H and O–H groups in total. The molecule has 0 bridgehead atoms. The van der Waals surface area contributed by atoms with Crippen LogP contribution in [0.15, 0.2) is 95.9 Å². The molecule has 14 nitrogen and oxygen atoms in total. The van der Waals surface area contributed by atoms with E-state index in [1.54, 1.807) is 40.7 Å². The number of rotatable bonds is 14. The van der Waals surface area contributed by atoms with Crippen LogP contribution in [0.1, 0.15) is 100.0 Å². The maximum atomic E-state index is 14.2. The number of nitrogens with one attached hydrogen (secondary N) is 2. The molecular formula is C44H50N6O8S. The molecule has 0 spiro atoms. The number of nitrogens with two attached hydrogens (primary N) is 2. The number of carbonyl (C=O) groups excluding carboxylic acids is 4. The van der Waals surface area contributed by atoms with Crippen LogP contribution in [-0.4, -0.2) is 61.6 Å². The summed E-state index contributed by atoms with van der Waals surface area (Å²) < 4.78 is 30.0. The van der Waals surface area contributed by atoms with Gasteiger partial charge in [-0.2, -0.15) is 16.1 Å². The summed E-state index contributed by atoms with van der Waals surface area (Å²) >= 11 is 0. The van der Waals surface area contributed by atoms with Crippen molar-refractivity contribution < 1.29 is 37.3 Å². The number of amides is 2. The zero-order valence-corrected chi connectivity index (χ0v) is 33.6. The Labute approximate surface area is 344 Å². The maximum Gasteiger partial charge on any atom is 0.356 e. The van der Waals surface area contributed by atoms with Crippen LogP contribution in [-0.2, 0) is 37.3 Å². The molecule has 0 radical (unpaired) electrons. The van der Waals surface area contributed by atoms with E-state index in [-0.39, 0.29) is 39.7 Å². The van der Waals surface area contributed by atoms with Crippen molar-refractivity contribution in [1.29, 1.82) is 0 Å². The number of aryl methyl sites for hydroxylation is 2. The molecule has 7 rings (SSSR count). The number of nitrogens with zero attached hydrogens (tertiary/aromatic N) is 2. The number of hydrogen-bond acceptors (Lipinski definition) is 11. The fraction of sp³-hybridized carbons (Fsp3) is 0.364. The lowest BCUT2D eigenvalue weighted by Gasteiger charge is -2.35. The molecule has 15 heteroatoms. The van der Waals surface area contributed by atoms with Crippen molar-refractivity contribution in [2.45, 2.75) is 87.6 Å². The van der Waals surface area contributed by atoms with Crippen LogP contribution < -0.4 is 27.3 Å². The van der Waals surface area contributed by atoms with Gasteiger partial charge in [0.05, 0.1) is 27.6 Å². The lowest BCUT2D eigenvalue weighted by atomic mass is 9.86. The lowest BCUT2D eigenvalue weighted by Crippen LogP contribution is -2.44. The van der Waals surface area contributed by atoms with Crippen LogP contribution in [0.3, 0.4) is 0 Å². The van der Waals surface area contributed by atoms with E-state index in [0.717, 1.165) is 74.8 Å². The Morgan fingerprint density at radius 3 is 1.92 bits per heavy atom. The van der Waals surface area contributed by atoms with E-state index in [4.69, 9.17) is 11.8 Å². The predicted molar refractivity (Wildman–Crippen MR) is 223 cm³/mol. The summed E-state index contributed by atoms with van der Waals surface area (Å²) in [6, 6.07) is 25.6. The number of carbonyl (C=O) groups is 4. The molecule has 3 fully saturated rings. The van der Waals surface area contributed by atoms with Gasteiger partial charge in [-0.05, 0) is 142 Å². The second-order valence-corrected chi connectivity index (χ2v) is 17.4. The zero-order valence-electron chi connectivity index (χ0n) is 32.8. The van der Waals surface area contributed by atoms with Crippen LogP contribution in [0.4, 0.5) is 17.1 Å². The largest absolute Gasteiger partial charge is 0.373 e. The molecule has 0 atom stereocenters. The Kier molecular flexibility index (Phi) is 13.1. The Bertz CT molecular complexity index is 2270. The second-order valence-electron chi connectivity index (χ2n) is 15.5. The van der Waals surface area contributed by atoms with E-state index in [1.807, 2.05) is 42.5 Å². The normalized spacial score (nSPS) is 18.2. The summed E-state index contributed by atoms with van der Waals surface area (Å²) in [4.78, 5) is 62.5. The van der Waals surface area contributed by atoms with Crippen molar-refractivity contribution in [1.82, 2.24) is 4.31 Å². The molecule has 4 aromatic carbocycles. The monoisotopic (exact) mass is 822 g/mol. The van der Waals surface area contributed by atoms with Gasteiger partial charge in [0.2, 0.25) is 10.0 Å². The summed E-state index contributed by atoms with van der Waals surface area (Å²) in [7, 11) is -3.99. The molecular weight excluding hydrogens is 773 g/mol. The summed E-state index contributed by atoms with van der Waals surface area (Å²) in [5, 5.41) is 5.88. The standard InChI is InChI=1S/C44H50N6O8S/c45-57-43(53)31-13-9-29(10-14-31)7-8-30-11-17-34(18-12-30)47-42(52)39-28-37(49-25-2-1-3-26-49)23-24-40(39)48-41(51)33-5-4-6-38(27-33)59(55,56)50(36-21-22-36)35-19-15-32(16-20-35)44(54)58-46/h4-6,9-14,17-18,23-24,27-28,32,35-36H,1-3,7-8,15-16,19-22,25-26,45-46H2,(H,47,52)(H,48,51). The van der Waals surface area contributed by atoms with Crippen LogP contribution in [0.2, 0.25) is 0 Å². The molecule has 4 aromatic rings. The third kappa shape index (κ3) is 9.99. The summed E-state index contributed by atoms with van der Waals surface area (Å²) in [5.74, 6) is 7.68. The van der Waals surface area contributed by atoms with Crippen molar-refractivity contribution >= 4 is 50.8 Å². The minimum Gasteiger partial charge on any atom is -0.373 e. The molecule has 0 unspecified atom stereocenters. The van der Waals surface area contributed by atoms with Crippen LogP contribution in [0, 0.1) is 5.92 Å². The van der Waals surface area contributed by atoms with Crippen LogP contribution >= 0.6 is 0 Å². The van der Waals surface area contributed by atoms with E-state index >= 15 is 0 Å². The quantitative estimate of drug-likeness (QED) is 0.107. The van der Waals surface area contributed by atoms with Gasteiger partial charge in [-0.15, -0.1) is 0 Å². The molecule has 3 aliphatic rings. The zero-order chi connectivity index (χ0) is 41.5. The van der Waals surface area contributed by atoms with Crippen molar-refractivity contribution in [2.24, 2.45) is 17.7 Å². The number of benzene rings is 4. The Hall–Kier alpha value is -5.61. The molecule has 2 saturated carbocycles. The third-order valence-corrected chi connectivity index (χ3v) is 13.5. The van der Waals surface area contributed by atoms with E-state index in [9.17, 15) is 27.6 Å². The fourth-order valence-corrected chi connectivity index (χ4v) is 10.1. The molecule has 0 aromatic heterocycles. The molecule has 2 amide bonds. The highest BCUT2D eigenvalue weighted by Crippen LogP contribution is 2.39. The van der Waals surface area contributed by atoms with Crippen LogP contribution in [0.25, 0.3) is 0 Å². The molecule has 59 heavy (non-hydrogen) atoms. The SMILES string of the molecule is NOC(=O)c1ccc(CCc2ccc(NC(=O)c3cc(N4CCCCC4)ccc3NC(=O)c3cccc(S(=O)(=O)N(C4CCC(C(=O)ON)CC4)C4CC4)c3)cc2)cc1. The first-order valence-corrected chi connectivity index (χ1v) is 21.6. The van der Waals surface area contributed by atoms with Gasteiger partial charge in [-0.25, -0.2) is 13.2 Å². The first-order valence-electron chi connectivity index (χ1n) is 20.2. The van der Waals surface area contributed by atoms with Gasteiger partial charge in [-0.1, -0.05) is 30.3 Å². The first kappa shape index (κ1) is 41.5. The minimum absolute atomic E-state index is 0.00871. The molecule has 2 aliphatic carbocycles. The van der Waals surface area contributed by atoms with Gasteiger partial charge in [-0.3, -0.25) is 14.4 Å². The second kappa shape index (κ2) is 18.5. The Balaban J connectivity index is 1.06. The van der Waals surface area contributed by atoms with Gasteiger partial charge in [0, 0.05) is 42.1 Å². The van der Waals surface area contributed by atoms with Crippen molar-refractivity contribution in [3.05, 3.63) is 119 Å². The number of anilines is 3. The third-order valence-electron chi connectivity index (χ3n) is 11.5. The van der Waals surface area contributed by atoms with Gasteiger partial charge in [0.15, 0.2) is 0 Å². The topological polar surface area (TPSA) is 203 Å². The number of sulfonamides is 1.